The van der Waals surface area contributed by atoms with E-state index < -0.39 is 0 Å². The molecule has 0 saturated carbocycles. The number of rotatable bonds is 2. The van der Waals surface area contributed by atoms with Gasteiger partial charge in [-0.2, -0.15) is 11.8 Å². The van der Waals surface area contributed by atoms with Crippen LogP contribution in [0.1, 0.15) is 43.3 Å². The largest absolute Gasteiger partial charge is 0.319 e. The number of aromatic nitrogens is 1. The fraction of sp³-hybridized carbons (Fsp3) is 0.727. The Morgan fingerprint density at radius 2 is 2.07 bits per heavy atom. The van der Waals surface area contributed by atoms with Gasteiger partial charge in [0.2, 0.25) is 0 Å². The molecule has 1 aromatic heterocycles. The van der Waals surface area contributed by atoms with Crippen LogP contribution in [0, 0.1) is 0 Å². The van der Waals surface area contributed by atoms with Gasteiger partial charge >= 0.3 is 0 Å². The van der Waals surface area contributed by atoms with Crippen LogP contribution >= 0.6 is 23.1 Å². The van der Waals surface area contributed by atoms with E-state index in [0.717, 1.165) is 17.8 Å². The molecule has 0 aromatic carbocycles. The Labute approximate surface area is 99.7 Å². The molecular weight excluding hydrogens is 224 g/mol. The summed E-state index contributed by atoms with van der Waals surface area (Å²) >= 11 is 3.74. The highest BCUT2D eigenvalue weighted by atomic mass is 32.2. The maximum absolute atomic E-state index is 6.43. The first kappa shape index (κ1) is 11.4. The van der Waals surface area contributed by atoms with E-state index in [1.165, 1.54) is 17.2 Å². The molecule has 84 valence electrons. The summed E-state index contributed by atoms with van der Waals surface area (Å²) in [5, 5.41) is 3.31. The van der Waals surface area contributed by atoms with Crippen LogP contribution in [0.2, 0.25) is 0 Å². The van der Waals surface area contributed by atoms with Crippen LogP contribution in [-0.4, -0.2) is 16.5 Å². The van der Waals surface area contributed by atoms with E-state index in [9.17, 15) is 0 Å². The lowest BCUT2D eigenvalue weighted by Gasteiger charge is -2.30. The van der Waals surface area contributed by atoms with Gasteiger partial charge in [0.1, 0.15) is 5.01 Å². The smallest absolute Gasteiger partial charge is 0.113 e. The Morgan fingerprint density at radius 1 is 1.40 bits per heavy atom. The highest BCUT2D eigenvalue weighted by Crippen LogP contribution is 2.35. The van der Waals surface area contributed by atoms with E-state index in [4.69, 9.17) is 5.73 Å². The average Bonchev–Trinajstić information content (AvgIpc) is 2.68. The first-order valence-corrected chi connectivity index (χ1v) is 7.48. The van der Waals surface area contributed by atoms with Crippen molar-refractivity contribution in [2.24, 2.45) is 5.73 Å². The number of hydrogen-bond donors (Lipinski definition) is 1. The molecule has 15 heavy (non-hydrogen) atoms. The van der Waals surface area contributed by atoms with Gasteiger partial charge in [-0.15, -0.1) is 11.3 Å². The predicted molar refractivity (Wildman–Crippen MR) is 68.6 cm³/mol. The third-order valence-electron chi connectivity index (χ3n) is 2.92. The lowest BCUT2D eigenvalue weighted by Crippen LogP contribution is -2.40. The molecule has 2 rings (SSSR count). The molecular formula is C11H18N2S2. The topological polar surface area (TPSA) is 38.9 Å². The van der Waals surface area contributed by atoms with Crippen molar-refractivity contribution in [3.05, 3.63) is 16.1 Å². The van der Waals surface area contributed by atoms with Crippen molar-refractivity contribution < 1.29 is 0 Å². The first-order valence-electron chi connectivity index (χ1n) is 5.44. The second-order valence-electron chi connectivity index (χ2n) is 4.50. The predicted octanol–water partition coefficient (Wildman–Crippen LogP) is 2.95. The summed E-state index contributed by atoms with van der Waals surface area (Å²) in [7, 11) is 0. The molecule has 2 nitrogen and oxygen atoms in total. The summed E-state index contributed by atoms with van der Waals surface area (Å²) in [5.74, 6) is 2.86. The van der Waals surface area contributed by atoms with E-state index in [0.29, 0.717) is 5.92 Å². The van der Waals surface area contributed by atoms with Crippen LogP contribution in [0.3, 0.4) is 0 Å². The van der Waals surface area contributed by atoms with Gasteiger partial charge in [0.05, 0.1) is 11.2 Å². The SMILES string of the molecule is CC(C)c1csc(C2(N)CCSCC2)n1. The van der Waals surface area contributed by atoms with Crippen molar-refractivity contribution in [1.29, 1.82) is 0 Å². The lowest BCUT2D eigenvalue weighted by molar-refractivity contribution is 0.407. The Hall–Kier alpha value is -0.0600. The minimum Gasteiger partial charge on any atom is -0.319 e. The quantitative estimate of drug-likeness (QED) is 0.866. The number of nitrogens with zero attached hydrogens (tertiary/aromatic N) is 1. The average molecular weight is 242 g/mol. The highest BCUT2D eigenvalue weighted by molar-refractivity contribution is 7.99. The molecule has 1 aliphatic rings. The molecule has 0 amide bonds. The minimum atomic E-state index is -0.136. The molecule has 0 bridgehead atoms. The molecule has 0 atom stereocenters. The van der Waals surface area contributed by atoms with Crippen LogP contribution in [0.4, 0.5) is 0 Å². The summed E-state index contributed by atoms with van der Waals surface area (Å²) in [6, 6.07) is 0. The van der Waals surface area contributed by atoms with E-state index in [1.807, 2.05) is 11.8 Å². The summed E-state index contributed by atoms with van der Waals surface area (Å²) < 4.78 is 0. The van der Waals surface area contributed by atoms with E-state index in [2.05, 4.69) is 24.2 Å². The molecule has 0 radical (unpaired) electrons. The van der Waals surface area contributed by atoms with Gasteiger partial charge in [0, 0.05) is 5.38 Å². The van der Waals surface area contributed by atoms with Crippen molar-refractivity contribution in [1.82, 2.24) is 4.98 Å². The van der Waals surface area contributed by atoms with Crippen LogP contribution in [0.5, 0.6) is 0 Å². The van der Waals surface area contributed by atoms with Gasteiger partial charge in [0.15, 0.2) is 0 Å². The summed E-state index contributed by atoms with van der Waals surface area (Å²) in [4.78, 5) is 4.69. The maximum Gasteiger partial charge on any atom is 0.113 e. The van der Waals surface area contributed by atoms with Gasteiger partial charge in [-0.05, 0) is 30.3 Å². The number of nitrogens with two attached hydrogens (primary N) is 1. The fourth-order valence-corrected chi connectivity index (χ4v) is 4.11. The molecule has 0 unspecified atom stereocenters. The second kappa shape index (κ2) is 4.44. The summed E-state index contributed by atoms with van der Waals surface area (Å²) in [6.45, 7) is 4.36. The molecule has 2 heterocycles. The third-order valence-corrected chi connectivity index (χ3v) is 4.99. The van der Waals surface area contributed by atoms with E-state index in [1.54, 1.807) is 11.3 Å². The standard InChI is InChI=1S/C11H18N2S2/c1-8(2)9-7-15-10(13-9)11(12)3-5-14-6-4-11/h7-8H,3-6,12H2,1-2H3. The number of thiazole rings is 1. The van der Waals surface area contributed by atoms with Gasteiger partial charge in [-0.25, -0.2) is 4.98 Å². The molecule has 1 fully saturated rings. The zero-order valence-corrected chi connectivity index (χ0v) is 11.0. The van der Waals surface area contributed by atoms with Crippen LogP contribution in [0.15, 0.2) is 5.38 Å². The minimum absolute atomic E-state index is 0.136. The molecule has 0 aliphatic carbocycles. The molecule has 4 heteroatoms. The molecule has 0 spiro atoms. The van der Waals surface area contributed by atoms with Gasteiger partial charge < -0.3 is 5.73 Å². The molecule has 1 saturated heterocycles. The number of hydrogen-bond acceptors (Lipinski definition) is 4. The molecule has 1 aromatic rings. The van der Waals surface area contributed by atoms with Crippen molar-refractivity contribution in [3.8, 4) is 0 Å². The monoisotopic (exact) mass is 242 g/mol. The Balaban J connectivity index is 2.20. The maximum atomic E-state index is 6.43. The van der Waals surface area contributed by atoms with E-state index >= 15 is 0 Å². The fourth-order valence-electron chi connectivity index (χ4n) is 1.73. The van der Waals surface area contributed by atoms with Crippen molar-refractivity contribution in [2.75, 3.05) is 11.5 Å². The summed E-state index contributed by atoms with van der Waals surface area (Å²) in [6.07, 6.45) is 2.14. The van der Waals surface area contributed by atoms with Crippen molar-refractivity contribution >= 4 is 23.1 Å². The van der Waals surface area contributed by atoms with Crippen molar-refractivity contribution in [3.63, 3.8) is 0 Å². The third kappa shape index (κ3) is 2.37. The second-order valence-corrected chi connectivity index (χ2v) is 6.58. The molecule has 1 aliphatic heterocycles. The zero-order chi connectivity index (χ0) is 10.9. The summed E-state index contributed by atoms with van der Waals surface area (Å²) in [5.41, 5.74) is 7.49. The Morgan fingerprint density at radius 3 is 2.60 bits per heavy atom. The lowest BCUT2D eigenvalue weighted by atomic mass is 9.94. The van der Waals surface area contributed by atoms with Crippen LogP contribution in [-0.2, 0) is 5.54 Å². The Bertz CT molecular complexity index is 327. The first-order chi connectivity index (χ1) is 7.12. The van der Waals surface area contributed by atoms with E-state index in [-0.39, 0.29) is 5.54 Å². The van der Waals surface area contributed by atoms with Crippen molar-refractivity contribution in [2.45, 2.75) is 38.1 Å². The van der Waals surface area contributed by atoms with Gasteiger partial charge in [-0.1, -0.05) is 13.8 Å². The van der Waals surface area contributed by atoms with Gasteiger partial charge in [0.25, 0.3) is 0 Å². The molecule has 2 N–H and O–H groups in total. The normalized spacial score (nSPS) is 20.8. The number of thioether (sulfide) groups is 1. The van der Waals surface area contributed by atoms with Crippen LogP contribution in [0.25, 0.3) is 0 Å². The highest BCUT2D eigenvalue weighted by Gasteiger charge is 2.32. The van der Waals surface area contributed by atoms with Crippen LogP contribution < -0.4 is 5.73 Å². The zero-order valence-electron chi connectivity index (χ0n) is 9.32. The van der Waals surface area contributed by atoms with Gasteiger partial charge in [-0.3, -0.25) is 0 Å². The Kier molecular flexibility index (Phi) is 3.38.